The van der Waals surface area contributed by atoms with E-state index < -0.39 is 10.0 Å². The number of aromatic amines is 1. The van der Waals surface area contributed by atoms with Crippen LogP contribution < -0.4 is 0 Å². The second-order valence-electron chi connectivity index (χ2n) is 6.47. The van der Waals surface area contributed by atoms with Gasteiger partial charge in [0.05, 0.1) is 17.9 Å². The highest BCUT2D eigenvalue weighted by atomic mass is 32.2. The number of hydrogen-bond acceptors (Lipinski definition) is 6. The molecular formula is C16H16N8O2S. The average Bonchev–Trinajstić information content (AvgIpc) is 3.32. The third-order valence-electron chi connectivity index (χ3n) is 4.73. The molecule has 0 aromatic carbocycles. The Morgan fingerprint density at radius 3 is 2.85 bits per heavy atom. The molecule has 1 aliphatic rings. The van der Waals surface area contributed by atoms with E-state index in [1.54, 1.807) is 24.1 Å². The predicted molar refractivity (Wildman–Crippen MR) is 96.1 cm³/mol. The van der Waals surface area contributed by atoms with Crippen molar-refractivity contribution in [3.05, 3.63) is 43.2 Å². The maximum atomic E-state index is 12.5. The zero-order valence-corrected chi connectivity index (χ0v) is 15.2. The SMILES string of the molecule is Cn1ccc(S(=O)(=O)N2CC(n3cc(-c4ncnc5[nH]ccc45)cn3)C2)n1. The second-order valence-corrected chi connectivity index (χ2v) is 8.36. The van der Waals surface area contributed by atoms with Gasteiger partial charge in [-0.05, 0) is 12.1 Å². The number of nitrogens with zero attached hydrogens (tertiary/aromatic N) is 7. The summed E-state index contributed by atoms with van der Waals surface area (Å²) >= 11 is 0. The highest BCUT2D eigenvalue weighted by molar-refractivity contribution is 7.89. The third kappa shape index (κ3) is 2.54. The van der Waals surface area contributed by atoms with Crippen molar-refractivity contribution in [1.29, 1.82) is 0 Å². The molecule has 4 aromatic heterocycles. The summed E-state index contributed by atoms with van der Waals surface area (Å²) in [5.74, 6) is 0. The van der Waals surface area contributed by atoms with Crippen molar-refractivity contribution in [3.63, 3.8) is 0 Å². The summed E-state index contributed by atoms with van der Waals surface area (Å²) in [5.41, 5.74) is 2.43. The quantitative estimate of drug-likeness (QED) is 0.557. The van der Waals surface area contributed by atoms with Gasteiger partial charge in [-0.1, -0.05) is 0 Å². The minimum Gasteiger partial charge on any atom is -0.346 e. The van der Waals surface area contributed by atoms with Gasteiger partial charge in [0.15, 0.2) is 5.03 Å². The maximum absolute atomic E-state index is 12.5. The summed E-state index contributed by atoms with van der Waals surface area (Å²) in [6.45, 7) is 0.729. The number of sulfonamides is 1. The summed E-state index contributed by atoms with van der Waals surface area (Å²) in [7, 11) is -1.86. The van der Waals surface area contributed by atoms with E-state index in [-0.39, 0.29) is 11.1 Å². The van der Waals surface area contributed by atoms with Crippen LogP contribution in [0, 0.1) is 0 Å². The minimum atomic E-state index is -3.55. The molecule has 0 atom stereocenters. The number of H-pyrrole nitrogens is 1. The monoisotopic (exact) mass is 384 g/mol. The van der Waals surface area contributed by atoms with Gasteiger partial charge in [-0.25, -0.2) is 18.4 Å². The first-order valence-corrected chi connectivity index (χ1v) is 9.79. The summed E-state index contributed by atoms with van der Waals surface area (Å²) < 4.78 is 29.8. The standard InChI is InChI=1S/C16H16N8O2S/c1-22-5-3-14(21-22)27(25,26)23-8-12(9-23)24-7-11(6-20-24)15-13-2-4-17-16(13)19-10-18-15/h2-7,10,12H,8-9H2,1H3,(H,17,18,19). The molecule has 10 nitrogen and oxygen atoms in total. The Morgan fingerprint density at radius 2 is 2.07 bits per heavy atom. The molecule has 5 rings (SSSR count). The van der Waals surface area contributed by atoms with Gasteiger partial charge < -0.3 is 4.98 Å². The molecule has 0 radical (unpaired) electrons. The van der Waals surface area contributed by atoms with Crippen LogP contribution in [0.1, 0.15) is 6.04 Å². The smallest absolute Gasteiger partial charge is 0.262 e. The first kappa shape index (κ1) is 16.1. The van der Waals surface area contributed by atoms with Crippen LogP contribution in [0.25, 0.3) is 22.3 Å². The normalized spacial score (nSPS) is 16.0. The highest BCUT2D eigenvalue weighted by Crippen LogP contribution is 2.30. The van der Waals surface area contributed by atoms with Crippen molar-refractivity contribution >= 4 is 21.1 Å². The Kier molecular flexibility index (Phi) is 3.42. The van der Waals surface area contributed by atoms with E-state index in [4.69, 9.17) is 0 Å². The fourth-order valence-corrected chi connectivity index (χ4v) is 4.67. The van der Waals surface area contributed by atoms with Crippen molar-refractivity contribution in [1.82, 2.24) is 38.8 Å². The topological polar surface area (TPSA) is 115 Å². The molecule has 0 aliphatic carbocycles. The minimum absolute atomic E-state index is 0.0132. The van der Waals surface area contributed by atoms with Crippen LogP contribution in [0.5, 0.6) is 0 Å². The van der Waals surface area contributed by atoms with Crippen LogP contribution in [0.15, 0.2) is 48.3 Å². The zero-order chi connectivity index (χ0) is 18.6. The van der Waals surface area contributed by atoms with Gasteiger partial charge in [0.1, 0.15) is 12.0 Å². The lowest BCUT2D eigenvalue weighted by Crippen LogP contribution is -2.50. The highest BCUT2D eigenvalue weighted by Gasteiger charge is 2.39. The molecular weight excluding hydrogens is 368 g/mol. The largest absolute Gasteiger partial charge is 0.346 e. The summed E-state index contributed by atoms with van der Waals surface area (Å²) in [5, 5.41) is 9.39. The lowest BCUT2D eigenvalue weighted by atomic mass is 10.1. The van der Waals surface area contributed by atoms with E-state index in [0.717, 1.165) is 22.3 Å². The number of rotatable bonds is 4. The molecule has 0 spiro atoms. The van der Waals surface area contributed by atoms with Crippen LogP contribution in [0.2, 0.25) is 0 Å². The van der Waals surface area contributed by atoms with Gasteiger partial charge in [-0.2, -0.15) is 14.5 Å². The van der Waals surface area contributed by atoms with Gasteiger partial charge in [0.25, 0.3) is 10.0 Å². The molecule has 27 heavy (non-hydrogen) atoms. The second kappa shape index (κ2) is 5.72. The first-order chi connectivity index (χ1) is 13.0. The van der Waals surface area contributed by atoms with E-state index in [1.165, 1.54) is 21.4 Å². The fraction of sp³-hybridized carbons (Fsp3) is 0.250. The summed E-state index contributed by atoms with van der Waals surface area (Å²) in [4.78, 5) is 11.6. The van der Waals surface area contributed by atoms with Gasteiger partial charge in [-0.3, -0.25) is 9.36 Å². The van der Waals surface area contributed by atoms with Gasteiger partial charge in [-0.15, -0.1) is 0 Å². The molecule has 138 valence electrons. The van der Waals surface area contributed by atoms with Crippen LogP contribution in [0.4, 0.5) is 0 Å². The Labute approximate surface area is 154 Å². The third-order valence-corrected chi connectivity index (χ3v) is 6.45. The van der Waals surface area contributed by atoms with E-state index in [1.807, 2.05) is 18.5 Å². The maximum Gasteiger partial charge on any atom is 0.262 e. The van der Waals surface area contributed by atoms with Gasteiger partial charge in [0.2, 0.25) is 0 Å². The average molecular weight is 384 g/mol. The Bertz CT molecular complexity index is 1230. The van der Waals surface area contributed by atoms with E-state index in [0.29, 0.717) is 13.1 Å². The molecule has 0 amide bonds. The molecule has 11 heteroatoms. The molecule has 5 heterocycles. The molecule has 0 unspecified atom stereocenters. The van der Waals surface area contributed by atoms with Crippen LogP contribution in [0.3, 0.4) is 0 Å². The molecule has 1 N–H and O–H groups in total. The number of hydrogen-bond donors (Lipinski definition) is 1. The molecule has 1 fully saturated rings. The van der Waals surface area contributed by atoms with E-state index in [2.05, 4.69) is 25.1 Å². The van der Waals surface area contributed by atoms with E-state index >= 15 is 0 Å². The van der Waals surface area contributed by atoms with E-state index in [9.17, 15) is 8.42 Å². The van der Waals surface area contributed by atoms with Crippen molar-refractivity contribution in [3.8, 4) is 11.3 Å². The number of nitrogens with one attached hydrogen (secondary N) is 1. The molecule has 0 saturated carbocycles. The van der Waals surface area contributed by atoms with Crippen LogP contribution in [-0.4, -0.2) is 60.3 Å². The zero-order valence-electron chi connectivity index (χ0n) is 14.4. The number of aryl methyl sites for hydroxylation is 1. The van der Waals surface area contributed by atoms with Crippen molar-refractivity contribution in [2.24, 2.45) is 7.05 Å². The van der Waals surface area contributed by atoms with Crippen molar-refractivity contribution < 1.29 is 8.42 Å². The van der Waals surface area contributed by atoms with Gasteiger partial charge >= 0.3 is 0 Å². The molecule has 1 saturated heterocycles. The van der Waals surface area contributed by atoms with Gasteiger partial charge in [0, 0.05) is 49.7 Å². The Hall–Kier alpha value is -3.05. The lowest BCUT2D eigenvalue weighted by Gasteiger charge is -2.37. The van der Waals surface area contributed by atoms with Crippen molar-refractivity contribution in [2.75, 3.05) is 13.1 Å². The summed E-state index contributed by atoms with van der Waals surface area (Å²) in [6.07, 6.45) is 8.58. The summed E-state index contributed by atoms with van der Waals surface area (Å²) in [6, 6.07) is 3.42. The molecule has 1 aliphatic heterocycles. The predicted octanol–water partition coefficient (Wildman–Crippen LogP) is 0.800. The van der Waals surface area contributed by atoms with Crippen LogP contribution >= 0.6 is 0 Å². The van der Waals surface area contributed by atoms with Crippen molar-refractivity contribution in [2.45, 2.75) is 11.1 Å². The number of fused-ring (bicyclic) bond motifs is 1. The Morgan fingerprint density at radius 1 is 1.22 bits per heavy atom. The fourth-order valence-electron chi connectivity index (χ4n) is 3.21. The first-order valence-electron chi connectivity index (χ1n) is 8.35. The van der Waals surface area contributed by atoms with Crippen LogP contribution in [-0.2, 0) is 17.1 Å². The molecule has 4 aromatic rings. The lowest BCUT2D eigenvalue weighted by molar-refractivity contribution is 0.190. The Balaban J connectivity index is 1.36. The molecule has 0 bridgehead atoms. The number of aromatic nitrogens is 7.